The molecule has 0 unspecified atom stereocenters. The number of nitrogens with zero attached hydrogens (tertiary/aromatic N) is 2. The minimum atomic E-state index is -0.0808. The maximum atomic E-state index is 12.3. The van der Waals surface area contributed by atoms with Gasteiger partial charge in [-0.3, -0.25) is 9.89 Å². The van der Waals surface area contributed by atoms with E-state index in [4.69, 9.17) is 5.11 Å². The van der Waals surface area contributed by atoms with E-state index in [0.29, 0.717) is 25.2 Å². The van der Waals surface area contributed by atoms with Crippen LogP contribution in [0.4, 0.5) is 0 Å². The first-order valence-corrected chi connectivity index (χ1v) is 6.25. The van der Waals surface area contributed by atoms with Crippen LogP contribution in [-0.2, 0) is 0 Å². The third-order valence-electron chi connectivity index (χ3n) is 2.46. The normalized spacial score (nSPS) is 11.6. The molecule has 1 amide bonds. The zero-order chi connectivity index (χ0) is 13.8. The average molecular weight is 253 g/mol. The first kappa shape index (κ1) is 14.7. The second-order valence-corrected chi connectivity index (χ2v) is 5.80. The highest BCUT2D eigenvalue weighted by Gasteiger charge is 2.23. The van der Waals surface area contributed by atoms with Crippen LogP contribution < -0.4 is 0 Å². The monoisotopic (exact) mass is 253 g/mol. The summed E-state index contributed by atoms with van der Waals surface area (Å²) in [5.74, 6) is -0.0808. The summed E-state index contributed by atoms with van der Waals surface area (Å²) >= 11 is 0. The molecule has 1 rings (SSSR count). The van der Waals surface area contributed by atoms with Crippen LogP contribution in [0.25, 0.3) is 0 Å². The van der Waals surface area contributed by atoms with Crippen molar-refractivity contribution in [3.05, 3.63) is 17.5 Å². The Hall–Kier alpha value is -1.36. The molecule has 5 heteroatoms. The number of aromatic amines is 1. The minimum absolute atomic E-state index is 0.0243. The Bertz CT molecular complexity index is 393. The molecule has 0 spiro atoms. The molecule has 0 aliphatic carbocycles. The molecule has 1 heterocycles. The highest BCUT2D eigenvalue weighted by atomic mass is 16.3. The van der Waals surface area contributed by atoms with Crippen LogP contribution in [-0.4, -0.2) is 45.8 Å². The molecule has 1 aromatic rings. The van der Waals surface area contributed by atoms with Crippen molar-refractivity contribution in [3.63, 3.8) is 0 Å². The third kappa shape index (κ3) is 4.49. The van der Waals surface area contributed by atoms with Gasteiger partial charge in [-0.05, 0) is 24.8 Å². The number of rotatable bonds is 5. The van der Waals surface area contributed by atoms with Gasteiger partial charge < -0.3 is 10.0 Å². The van der Waals surface area contributed by atoms with E-state index in [-0.39, 0.29) is 17.9 Å². The van der Waals surface area contributed by atoms with Crippen molar-refractivity contribution in [1.82, 2.24) is 15.1 Å². The Morgan fingerprint density at radius 2 is 2.17 bits per heavy atom. The van der Waals surface area contributed by atoms with Gasteiger partial charge in [-0.25, -0.2) is 0 Å². The summed E-state index contributed by atoms with van der Waals surface area (Å²) in [4.78, 5) is 14.1. The quantitative estimate of drug-likeness (QED) is 0.837. The number of H-pyrrole nitrogens is 1. The molecule has 0 atom stereocenters. The van der Waals surface area contributed by atoms with Gasteiger partial charge in [-0.15, -0.1) is 0 Å². The molecule has 0 aliphatic rings. The van der Waals surface area contributed by atoms with Crippen LogP contribution in [0.3, 0.4) is 0 Å². The molecule has 0 bridgehead atoms. The lowest BCUT2D eigenvalue weighted by molar-refractivity contribution is 0.0676. The van der Waals surface area contributed by atoms with Crippen LogP contribution in [0.1, 0.15) is 43.4 Å². The van der Waals surface area contributed by atoms with E-state index < -0.39 is 0 Å². The third-order valence-corrected chi connectivity index (χ3v) is 2.46. The lowest BCUT2D eigenvalue weighted by Gasteiger charge is -2.29. The van der Waals surface area contributed by atoms with E-state index in [1.165, 1.54) is 0 Å². The highest BCUT2D eigenvalue weighted by Crippen LogP contribution is 2.17. The number of nitrogens with one attached hydrogen (secondary N) is 1. The largest absolute Gasteiger partial charge is 0.396 e. The second kappa shape index (κ2) is 6.00. The number of carbonyl (C=O) groups is 1. The fourth-order valence-corrected chi connectivity index (χ4v) is 1.78. The number of aryl methyl sites for hydroxylation is 1. The maximum Gasteiger partial charge on any atom is 0.274 e. The van der Waals surface area contributed by atoms with Gasteiger partial charge in [0.05, 0.1) is 0 Å². The number of aliphatic hydroxyl groups excluding tert-OH is 1. The van der Waals surface area contributed by atoms with E-state index in [1.807, 2.05) is 6.92 Å². The first-order chi connectivity index (χ1) is 8.33. The SMILES string of the molecule is Cc1cc(C(=O)N(CCCO)CC(C)(C)C)n[nH]1. The Balaban J connectivity index is 2.78. The molecule has 18 heavy (non-hydrogen) atoms. The summed E-state index contributed by atoms with van der Waals surface area (Å²) in [7, 11) is 0. The molecule has 1 aromatic heterocycles. The van der Waals surface area contributed by atoms with Gasteiger partial charge >= 0.3 is 0 Å². The molecular weight excluding hydrogens is 230 g/mol. The van der Waals surface area contributed by atoms with E-state index in [0.717, 1.165) is 5.69 Å². The Morgan fingerprint density at radius 1 is 1.50 bits per heavy atom. The summed E-state index contributed by atoms with van der Waals surface area (Å²) in [6.07, 6.45) is 0.589. The van der Waals surface area contributed by atoms with Gasteiger partial charge in [0.25, 0.3) is 5.91 Å². The number of carbonyl (C=O) groups excluding carboxylic acids is 1. The fourth-order valence-electron chi connectivity index (χ4n) is 1.78. The van der Waals surface area contributed by atoms with Gasteiger partial charge in [0, 0.05) is 25.4 Å². The summed E-state index contributed by atoms with van der Waals surface area (Å²) in [5.41, 5.74) is 1.34. The molecule has 102 valence electrons. The lowest BCUT2D eigenvalue weighted by atomic mass is 9.96. The van der Waals surface area contributed by atoms with Gasteiger partial charge in [-0.1, -0.05) is 20.8 Å². The summed E-state index contributed by atoms with van der Waals surface area (Å²) in [6, 6.07) is 1.75. The number of aromatic nitrogens is 2. The van der Waals surface area contributed by atoms with Gasteiger partial charge in [0.2, 0.25) is 0 Å². The van der Waals surface area contributed by atoms with Crippen LogP contribution >= 0.6 is 0 Å². The van der Waals surface area contributed by atoms with Crippen LogP contribution in [0, 0.1) is 12.3 Å². The van der Waals surface area contributed by atoms with Crippen molar-refractivity contribution in [3.8, 4) is 0 Å². The second-order valence-electron chi connectivity index (χ2n) is 5.80. The van der Waals surface area contributed by atoms with Crippen molar-refractivity contribution in [1.29, 1.82) is 0 Å². The van der Waals surface area contributed by atoms with Crippen molar-refractivity contribution in [2.45, 2.75) is 34.1 Å². The van der Waals surface area contributed by atoms with Crippen molar-refractivity contribution < 1.29 is 9.90 Å². The molecule has 0 aliphatic heterocycles. The molecule has 0 fully saturated rings. The molecule has 0 saturated heterocycles. The standard InChI is InChI=1S/C13H23N3O2/c1-10-8-11(15-14-10)12(18)16(6-5-7-17)9-13(2,3)4/h8,17H,5-7,9H2,1-4H3,(H,14,15). The Morgan fingerprint density at radius 3 is 2.61 bits per heavy atom. The maximum absolute atomic E-state index is 12.3. The predicted molar refractivity (Wildman–Crippen MR) is 70.4 cm³/mol. The summed E-state index contributed by atoms with van der Waals surface area (Å²) in [6.45, 7) is 9.42. The first-order valence-electron chi connectivity index (χ1n) is 6.25. The smallest absolute Gasteiger partial charge is 0.274 e. The van der Waals surface area contributed by atoms with Gasteiger partial charge in [0.15, 0.2) is 0 Å². The highest BCUT2D eigenvalue weighted by molar-refractivity contribution is 5.92. The van der Waals surface area contributed by atoms with E-state index in [1.54, 1.807) is 11.0 Å². The molecule has 5 nitrogen and oxygen atoms in total. The summed E-state index contributed by atoms with van der Waals surface area (Å²) < 4.78 is 0. The molecule has 0 aromatic carbocycles. The van der Waals surface area contributed by atoms with Crippen LogP contribution in [0.5, 0.6) is 0 Å². The topological polar surface area (TPSA) is 69.2 Å². The zero-order valence-electron chi connectivity index (χ0n) is 11.7. The number of hydrogen-bond acceptors (Lipinski definition) is 3. The number of amides is 1. The zero-order valence-corrected chi connectivity index (χ0v) is 11.7. The van der Waals surface area contributed by atoms with Gasteiger partial charge in [0.1, 0.15) is 5.69 Å². The molecule has 2 N–H and O–H groups in total. The Kier molecular flexibility index (Phi) is 4.90. The van der Waals surface area contributed by atoms with Crippen molar-refractivity contribution in [2.75, 3.05) is 19.7 Å². The Labute approximate surface area is 108 Å². The van der Waals surface area contributed by atoms with E-state index in [2.05, 4.69) is 31.0 Å². The lowest BCUT2D eigenvalue weighted by Crippen LogP contribution is -2.39. The number of hydrogen-bond donors (Lipinski definition) is 2. The molecule has 0 radical (unpaired) electrons. The minimum Gasteiger partial charge on any atom is -0.396 e. The van der Waals surface area contributed by atoms with Crippen molar-refractivity contribution in [2.24, 2.45) is 5.41 Å². The van der Waals surface area contributed by atoms with Crippen LogP contribution in [0.15, 0.2) is 6.07 Å². The summed E-state index contributed by atoms with van der Waals surface area (Å²) in [5, 5.41) is 15.7. The molecular formula is C13H23N3O2. The predicted octanol–water partition coefficient (Wildman–Crippen LogP) is 1.59. The van der Waals surface area contributed by atoms with E-state index >= 15 is 0 Å². The average Bonchev–Trinajstić information content (AvgIpc) is 2.68. The van der Waals surface area contributed by atoms with E-state index in [9.17, 15) is 4.79 Å². The van der Waals surface area contributed by atoms with Crippen LogP contribution in [0.2, 0.25) is 0 Å². The van der Waals surface area contributed by atoms with Gasteiger partial charge in [-0.2, -0.15) is 5.10 Å². The van der Waals surface area contributed by atoms with Crippen molar-refractivity contribution >= 4 is 5.91 Å². The molecule has 0 saturated carbocycles. The fraction of sp³-hybridized carbons (Fsp3) is 0.692. The number of aliphatic hydroxyl groups is 1.